The topological polar surface area (TPSA) is 52.6 Å². The van der Waals surface area contributed by atoms with E-state index in [2.05, 4.69) is 6.08 Å². The zero-order chi connectivity index (χ0) is 13.1. The number of esters is 2. The second kappa shape index (κ2) is 5.55. The zero-order valence-corrected chi connectivity index (χ0v) is 11.0. The minimum atomic E-state index is -0.227. The average molecular weight is 252 g/mol. The van der Waals surface area contributed by atoms with Crippen molar-refractivity contribution in [1.82, 2.24) is 0 Å². The van der Waals surface area contributed by atoms with Crippen LogP contribution in [0.3, 0.4) is 0 Å². The van der Waals surface area contributed by atoms with Gasteiger partial charge in [-0.3, -0.25) is 9.59 Å². The Morgan fingerprint density at radius 2 is 2.11 bits per heavy atom. The van der Waals surface area contributed by atoms with E-state index in [-0.39, 0.29) is 24.0 Å². The number of rotatable bonds is 2. The summed E-state index contributed by atoms with van der Waals surface area (Å²) in [5.41, 5.74) is 1.19. The minimum absolute atomic E-state index is 0.0187. The molecule has 100 valence electrons. The van der Waals surface area contributed by atoms with Crippen LogP contribution in [0.2, 0.25) is 0 Å². The molecule has 0 heterocycles. The Morgan fingerprint density at radius 3 is 2.78 bits per heavy atom. The molecule has 1 saturated carbocycles. The molecule has 0 aromatic carbocycles. The normalized spacial score (nSPS) is 31.0. The first-order chi connectivity index (χ1) is 8.61. The van der Waals surface area contributed by atoms with E-state index in [1.54, 1.807) is 0 Å². The van der Waals surface area contributed by atoms with Crippen molar-refractivity contribution in [3.63, 3.8) is 0 Å². The van der Waals surface area contributed by atoms with Gasteiger partial charge in [0.05, 0.1) is 13.0 Å². The van der Waals surface area contributed by atoms with Gasteiger partial charge in [-0.05, 0) is 43.6 Å². The lowest BCUT2D eigenvalue weighted by atomic mass is 9.78. The number of allylic oxidation sites excluding steroid dienone is 1. The van der Waals surface area contributed by atoms with Crippen molar-refractivity contribution in [3.05, 3.63) is 11.6 Å². The third-order valence-corrected chi connectivity index (χ3v) is 3.97. The van der Waals surface area contributed by atoms with Crippen molar-refractivity contribution in [2.45, 2.75) is 45.1 Å². The first-order valence-electron chi connectivity index (χ1n) is 6.55. The van der Waals surface area contributed by atoms with Gasteiger partial charge >= 0.3 is 11.9 Å². The Labute approximate surface area is 107 Å². The van der Waals surface area contributed by atoms with Gasteiger partial charge in [0, 0.05) is 6.92 Å². The predicted molar refractivity (Wildman–Crippen MR) is 65.7 cm³/mol. The molecule has 4 heteroatoms. The van der Waals surface area contributed by atoms with Crippen LogP contribution in [0.1, 0.15) is 39.0 Å². The van der Waals surface area contributed by atoms with Crippen LogP contribution in [0.4, 0.5) is 0 Å². The van der Waals surface area contributed by atoms with Crippen LogP contribution in [-0.4, -0.2) is 25.2 Å². The summed E-state index contributed by atoms with van der Waals surface area (Å²) in [7, 11) is 1.44. The van der Waals surface area contributed by atoms with Crippen LogP contribution in [0.25, 0.3) is 0 Å². The molecule has 0 radical (unpaired) electrons. The molecule has 1 fully saturated rings. The molecule has 2 bridgehead atoms. The highest BCUT2D eigenvalue weighted by atomic mass is 16.5. The summed E-state index contributed by atoms with van der Waals surface area (Å²) in [4.78, 5) is 22.8. The molecule has 2 aliphatic carbocycles. The number of ether oxygens (including phenoxy) is 2. The molecule has 0 saturated heterocycles. The quantitative estimate of drug-likeness (QED) is 0.558. The van der Waals surface area contributed by atoms with Gasteiger partial charge in [-0.25, -0.2) is 0 Å². The summed E-state index contributed by atoms with van der Waals surface area (Å²) in [5, 5.41) is 0. The lowest BCUT2D eigenvalue weighted by Crippen LogP contribution is -2.29. The van der Waals surface area contributed by atoms with Crippen LogP contribution < -0.4 is 0 Å². The number of carbonyl (C=O) groups is 2. The van der Waals surface area contributed by atoms with Crippen molar-refractivity contribution >= 4 is 11.9 Å². The average Bonchev–Trinajstić information content (AvgIpc) is 2.49. The third kappa shape index (κ3) is 2.74. The molecule has 18 heavy (non-hydrogen) atoms. The van der Waals surface area contributed by atoms with Gasteiger partial charge in [-0.1, -0.05) is 6.08 Å². The molecule has 0 spiro atoms. The molecule has 0 aromatic rings. The highest BCUT2D eigenvalue weighted by Crippen LogP contribution is 2.39. The van der Waals surface area contributed by atoms with Crippen molar-refractivity contribution < 1.29 is 19.1 Å². The predicted octanol–water partition coefficient (Wildman–Crippen LogP) is 2.23. The number of methoxy groups -OCH3 is 1. The fourth-order valence-electron chi connectivity index (χ4n) is 3.09. The Kier molecular flexibility index (Phi) is 4.04. The largest absolute Gasteiger partial charge is 0.469 e. The van der Waals surface area contributed by atoms with E-state index < -0.39 is 0 Å². The van der Waals surface area contributed by atoms with Crippen LogP contribution in [0.15, 0.2) is 11.6 Å². The molecular formula is C14H20O4. The lowest BCUT2D eigenvalue weighted by Gasteiger charge is -2.29. The van der Waals surface area contributed by atoms with Crippen LogP contribution in [-0.2, 0) is 19.1 Å². The summed E-state index contributed by atoms with van der Waals surface area (Å²) in [6.07, 6.45) is 6.43. The van der Waals surface area contributed by atoms with Crippen LogP contribution in [0, 0.1) is 11.8 Å². The van der Waals surface area contributed by atoms with E-state index in [0.717, 1.165) is 25.7 Å². The first-order valence-corrected chi connectivity index (χ1v) is 6.55. The molecular weight excluding hydrogens is 232 g/mol. The summed E-state index contributed by atoms with van der Waals surface area (Å²) < 4.78 is 10.2. The van der Waals surface area contributed by atoms with Crippen LogP contribution in [0.5, 0.6) is 0 Å². The first kappa shape index (κ1) is 13.1. The Morgan fingerprint density at radius 1 is 1.33 bits per heavy atom. The van der Waals surface area contributed by atoms with E-state index in [4.69, 9.17) is 9.47 Å². The third-order valence-electron chi connectivity index (χ3n) is 3.97. The van der Waals surface area contributed by atoms with Gasteiger partial charge in [-0.15, -0.1) is 0 Å². The molecule has 2 aliphatic rings. The standard InChI is InChI=1S/C14H20O4/c1-9(15)18-13-5-3-4-10-8-11(13)6-7-12(10)14(16)17-2/h6,10,12-13H,3-5,7-8H2,1-2H3/t10-,12-,13?/m0/s1. The summed E-state index contributed by atoms with van der Waals surface area (Å²) in [6, 6.07) is 0. The summed E-state index contributed by atoms with van der Waals surface area (Å²) >= 11 is 0. The van der Waals surface area contributed by atoms with Gasteiger partial charge in [0.2, 0.25) is 0 Å². The monoisotopic (exact) mass is 252 g/mol. The fourth-order valence-corrected chi connectivity index (χ4v) is 3.09. The molecule has 3 atom stereocenters. The number of carbonyl (C=O) groups excluding carboxylic acids is 2. The Bertz CT molecular complexity index is 372. The van der Waals surface area contributed by atoms with Crippen molar-refractivity contribution in [3.8, 4) is 0 Å². The van der Waals surface area contributed by atoms with E-state index >= 15 is 0 Å². The van der Waals surface area contributed by atoms with Gasteiger partial charge in [0.1, 0.15) is 6.10 Å². The highest BCUT2D eigenvalue weighted by molar-refractivity contribution is 5.73. The summed E-state index contributed by atoms with van der Waals surface area (Å²) in [5.74, 6) is -0.0106. The van der Waals surface area contributed by atoms with E-state index in [9.17, 15) is 9.59 Å². The van der Waals surface area contributed by atoms with Gasteiger partial charge in [-0.2, -0.15) is 0 Å². The van der Waals surface area contributed by atoms with Crippen molar-refractivity contribution in [2.75, 3.05) is 7.11 Å². The highest BCUT2D eigenvalue weighted by Gasteiger charge is 2.36. The van der Waals surface area contributed by atoms with E-state index in [1.807, 2.05) is 0 Å². The van der Waals surface area contributed by atoms with Gasteiger partial charge < -0.3 is 9.47 Å². The Hall–Kier alpha value is -1.32. The summed E-state index contributed by atoms with van der Waals surface area (Å²) in [6.45, 7) is 1.45. The number of hydrogen-bond donors (Lipinski definition) is 0. The molecule has 0 N–H and O–H groups in total. The van der Waals surface area contributed by atoms with Crippen LogP contribution >= 0.6 is 0 Å². The second-order valence-corrected chi connectivity index (χ2v) is 5.14. The number of hydrogen-bond acceptors (Lipinski definition) is 4. The van der Waals surface area contributed by atoms with Crippen molar-refractivity contribution in [1.29, 1.82) is 0 Å². The second-order valence-electron chi connectivity index (χ2n) is 5.14. The maximum Gasteiger partial charge on any atom is 0.309 e. The maximum atomic E-state index is 11.7. The molecule has 0 amide bonds. The molecule has 2 rings (SSSR count). The van der Waals surface area contributed by atoms with Crippen molar-refractivity contribution in [2.24, 2.45) is 11.8 Å². The fraction of sp³-hybridized carbons (Fsp3) is 0.714. The molecule has 0 aromatic heterocycles. The Balaban J connectivity index is 2.12. The van der Waals surface area contributed by atoms with Gasteiger partial charge in [0.25, 0.3) is 0 Å². The SMILES string of the molecule is COC(=O)[C@H]1CC=C2C[C@@H]1CCCC2OC(C)=O. The van der Waals surface area contributed by atoms with E-state index in [0.29, 0.717) is 12.3 Å². The molecule has 4 nitrogen and oxygen atoms in total. The minimum Gasteiger partial charge on any atom is -0.469 e. The smallest absolute Gasteiger partial charge is 0.309 e. The molecule has 1 unspecified atom stereocenters. The number of fused-ring (bicyclic) bond motifs is 2. The zero-order valence-electron chi connectivity index (χ0n) is 11.0. The maximum absolute atomic E-state index is 11.7. The molecule has 0 aliphatic heterocycles. The van der Waals surface area contributed by atoms with Gasteiger partial charge in [0.15, 0.2) is 0 Å². The lowest BCUT2D eigenvalue weighted by molar-refractivity contribution is -0.148. The van der Waals surface area contributed by atoms with E-state index in [1.165, 1.54) is 19.6 Å².